The maximum absolute atomic E-state index is 12.3. The minimum atomic E-state index is -0.944. The molecule has 2 N–H and O–H groups in total. The van der Waals surface area contributed by atoms with Crippen molar-refractivity contribution >= 4 is 17.9 Å². The van der Waals surface area contributed by atoms with Crippen molar-refractivity contribution in [2.24, 2.45) is 0 Å². The number of carbonyl (C=O) groups is 3. The van der Waals surface area contributed by atoms with Gasteiger partial charge in [0.1, 0.15) is 0 Å². The Balaban J connectivity index is 4.68. The van der Waals surface area contributed by atoms with E-state index in [1.807, 2.05) is 20.8 Å². The lowest BCUT2D eigenvalue weighted by molar-refractivity contribution is -0.137. The molecule has 0 saturated heterocycles. The fourth-order valence-corrected chi connectivity index (χ4v) is 1.62. The molecular formula is C13H25N3O4. The van der Waals surface area contributed by atoms with Gasteiger partial charge in [0, 0.05) is 39.1 Å². The van der Waals surface area contributed by atoms with E-state index in [-0.39, 0.29) is 37.9 Å². The van der Waals surface area contributed by atoms with Crippen LogP contribution < -0.4 is 5.32 Å². The average Bonchev–Trinajstić information content (AvgIpc) is 2.33. The standard InChI is InChI=1S/C13H25N3O4/c1-13(2,3)16(9-7-11(18)19)12(20)15(5)8-6-10(17)14-4/h6-9H2,1-5H3,(H,14,17)(H,18,19). The fraction of sp³-hybridized carbons (Fsp3) is 0.769. The summed E-state index contributed by atoms with van der Waals surface area (Å²) in [5, 5.41) is 11.2. The van der Waals surface area contributed by atoms with Gasteiger partial charge in [-0.15, -0.1) is 0 Å². The summed E-state index contributed by atoms with van der Waals surface area (Å²) in [7, 11) is 3.14. The summed E-state index contributed by atoms with van der Waals surface area (Å²) in [6, 6.07) is -0.275. The van der Waals surface area contributed by atoms with Gasteiger partial charge in [0.15, 0.2) is 0 Å². The lowest BCUT2D eigenvalue weighted by atomic mass is 10.1. The zero-order valence-electron chi connectivity index (χ0n) is 12.9. The van der Waals surface area contributed by atoms with Crippen molar-refractivity contribution in [2.45, 2.75) is 39.2 Å². The van der Waals surface area contributed by atoms with Crippen molar-refractivity contribution in [1.29, 1.82) is 0 Å². The second-order valence-corrected chi connectivity index (χ2v) is 5.59. The van der Waals surface area contributed by atoms with Crippen molar-refractivity contribution < 1.29 is 19.5 Å². The largest absolute Gasteiger partial charge is 0.481 e. The van der Waals surface area contributed by atoms with Crippen LogP contribution in [0.4, 0.5) is 4.79 Å². The van der Waals surface area contributed by atoms with Gasteiger partial charge in [0.25, 0.3) is 0 Å². The van der Waals surface area contributed by atoms with Crippen molar-refractivity contribution in [3.63, 3.8) is 0 Å². The summed E-state index contributed by atoms with van der Waals surface area (Å²) < 4.78 is 0. The van der Waals surface area contributed by atoms with Crippen LogP contribution in [0.3, 0.4) is 0 Å². The van der Waals surface area contributed by atoms with Crippen LogP contribution in [0.2, 0.25) is 0 Å². The molecule has 0 spiro atoms. The van der Waals surface area contributed by atoms with Crippen LogP contribution in [-0.4, -0.2) is 65.5 Å². The van der Waals surface area contributed by atoms with E-state index in [4.69, 9.17) is 5.11 Å². The zero-order valence-corrected chi connectivity index (χ0v) is 12.9. The molecule has 0 aliphatic rings. The molecule has 0 aromatic heterocycles. The number of carboxylic acids is 1. The van der Waals surface area contributed by atoms with Gasteiger partial charge in [-0.3, -0.25) is 9.59 Å². The highest BCUT2D eigenvalue weighted by atomic mass is 16.4. The van der Waals surface area contributed by atoms with Gasteiger partial charge in [-0.2, -0.15) is 0 Å². The Morgan fingerprint density at radius 1 is 1.10 bits per heavy atom. The van der Waals surface area contributed by atoms with Gasteiger partial charge in [0.2, 0.25) is 5.91 Å². The Morgan fingerprint density at radius 3 is 2.05 bits per heavy atom. The highest BCUT2D eigenvalue weighted by Gasteiger charge is 2.29. The molecule has 0 atom stereocenters. The Bertz CT molecular complexity index is 363. The second-order valence-electron chi connectivity index (χ2n) is 5.59. The van der Waals surface area contributed by atoms with Crippen LogP contribution >= 0.6 is 0 Å². The van der Waals surface area contributed by atoms with E-state index in [1.165, 1.54) is 9.80 Å². The Morgan fingerprint density at radius 2 is 1.65 bits per heavy atom. The Labute approximate surface area is 119 Å². The van der Waals surface area contributed by atoms with Gasteiger partial charge in [-0.1, -0.05) is 0 Å². The number of nitrogens with zero attached hydrogens (tertiary/aromatic N) is 2. The lowest BCUT2D eigenvalue weighted by Crippen LogP contribution is -2.52. The molecule has 0 bridgehead atoms. The third kappa shape index (κ3) is 6.40. The number of carboxylic acid groups (broad SMARTS) is 1. The molecule has 20 heavy (non-hydrogen) atoms. The van der Waals surface area contributed by atoms with E-state index in [2.05, 4.69) is 5.32 Å². The van der Waals surface area contributed by atoms with Gasteiger partial charge >= 0.3 is 12.0 Å². The molecular weight excluding hydrogens is 262 g/mol. The van der Waals surface area contributed by atoms with Crippen LogP contribution in [0.25, 0.3) is 0 Å². The number of hydrogen-bond acceptors (Lipinski definition) is 3. The monoisotopic (exact) mass is 287 g/mol. The topological polar surface area (TPSA) is 90.0 Å². The molecule has 3 amide bonds. The molecule has 0 rings (SSSR count). The zero-order chi connectivity index (χ0) is 15.9. The molecule has 0 aromatic carbocycles. The number of aliphatic carboxylic acids is 1. The number of nitrogens with one attached hydrogen (secondary N) is 1. The van der Waals surface area contributed by atoms with E-state index < -0.39 is 11.5 Å². The van der Waals surface area contributed by atoms with Gasteiger partial charge in [-0.25, -0.2) is 4.79 Å². The summed E-state index contributed by atoms with van der Waals surface area (Å²) >= 11 is 0. The minimum Gasteiger partial charge on any atom is -0.481 e. The van der Waals surface area contributed by atoms with Crippen LogP contribution in [0.1, 0.15) is 33.6 Å². The Hall–Kier alpha value is -1.79. The van der Waals surface area contributed by atoms with Crippen molar-refractivity contribution in [2.75, 3.05) is 27.2 Å². The summed E-state index contributed by atoms with van der Waals surface area (Å²) in [5.41, 5.74) is -0.478. The molecule has 0 saturated carbocycles. The first kappa shape index (κ1) is 18.2. The molecule has 116 valence electrons. The van der Waals surface area contributed by atoms with Gasteiger partial charge in [0.05, 0.1) is 6.42 Å². The number of rotatable bonds is 6. The number of amides is 3. The number of hydrogen-bond donors (Lipinski definition) is 2. The van der Waals surface area contributed by atoms with Crippen molar-refractivity contribution in [3.05, 3.63) is 0 Å². The highest BCUT2D eigenvalue weighted by molar-refractivity contribution is 5.78. The molecule has 0 fully saturated rings. The van der Waals surface area contributed by atoms with Crippen LogP contribution in [-0.2, 0) is 9.59 Å². The SMILES string of the molecule is CNC(=O)CCN(C)C(=O)N(CCC(=O)O)C(C)(C)C. The number of urea groups is 1. The van der Waals surface area contributed by atoms with E-state index in [1.54, 1.807) is 14.1 Å². The van der Waals surface area contributed by atoms with Crippen molar-refractivity contribution in [3.8, 4) is 0 Å². The molecule has 0 aliphatic carbocycles. The van der Waals surface area contributed by atoms with E-state index in [9.17, 15) is 14.4 Å². The van der Waals surface area contributed by atoms with Crippen LogP contribution in [0.15, 0.2) is 0 Å². The summed E-state index contributed by atoms with van der Waals surface area (Å²) in [6.07, 6.45) is 0.113. The quantitative estimate of drug-likeness (QED) is 0.754. The summed E-state index contributed by atoms with van der Waals surface area (Å²) in [5.74, 6) is -1.09. The van der Waals surface area contributed by atoms with E-state index in [0.29, 0.717) is 0 Å². The fourth-order valence-electron chi connectivity index (χ4n) is 1.62. The van der Waals surface area contributed by atoms with Gasteiger partial charge < -0.3 is 20.2 Å². The van der Waals surface area contributed by atoms with Crippen molar-refractivity contribution in [1.82, 2.24) is 15.1 Å². The average molecular weight is 287 g/mol. The lowest BCUT2D eigenvalue weighted by Gasteiger charge is -2.38. The van der Waals surface area contributed by atoms with E-state index >= 15 is 0 Å². The number of carbonyl (C=O) groups excluding carboxylic acids is 2. The molecule has 7 nitrogen and oxygen atoms in total. The normalized spacial score (nSPS) is 10.8. The first-order chi connectivity index (χ1) is 9.09. The molecule has 0 radical (unpaired) electrons. The van der Waals surface area contributed by atoms with E-state index in [0.717, 1.165) is 0 Å². The smallest absolute Gasteiger partial charge is 0.320 e. The molecule has 0 unspecified atom stereocenters. The summed E-state index contributed by atoms with van der Waals surface area (Å²) in [6.45, 7) is 5.97. The maximum Gasteiger partial charge on any atom is 0.320 e. The highest BCUT2D eigenvalue weighted by Crippen LogP contribution is 2.16. The molecule has 0 aliphatic heterocycles. The first-order valence-corrected chi connectivity index (χ1v) is 6.54. The maximum atomic E-state index is 12.3. The predicted octanol–water partition coefficient (Wildman–Crippen LogP) is 0.750. The summed E-state index contributed by atoms with van der Waals surface area (Å²) in [4.78, 5) is 37.1. The first-order valence-electron chi connectivity index (χ1n) is 6.54. The third-order valence-corrected chi connectivity index (χ3v) is 2.87. The minimum absolute atomic E-state index is 0.105. The molecule has 0 heterocycles. The third-order valence-electron chi connectivity index (χ3n) is 2.87. The predicted molar refractivity (Wildman–Crippen MR) is 75.4 cm³/mol. The Kier molecular flexibility index (Phi) is 7.02. The van der Waals surface area contributed by atoms with Gasteiger partial charge in [-0.05, 0) is 20.8 Å². The van der Waals surface area contributed by atoms with Crippen LogP contribution in [0.5, 0.6) is 0 Å². The molecule has 7 heteroatoms. The second kappa shape index (κ2) is 7.72. The molecule has 0 aromatic rings. The van der Waals surface area contributed by atoms with Crippen LogP contribution in [0, 0.1) is 0 Å².